The summed E-state index contributed by atoms with van der Waals surface area (Å²) in [6.45, 7) is 7.68. The lowest BCUT2D eigenvalue weighted by atomic mass is 9.97. The lowest BCUT2D eigenvalue weighted by molar-refractivity contribution is 0.600. The molecule has 0 spiro atoms. The Morgan fingerprint density at radius 1 is 0.882 bits per heavy atom. The van der Waals surface area contributed by atoms with Crippen LogP contribution in [-0.4, -0.2) is 28.4 Å². The van der Waals surface area contributed by atoms with Gasteiger partial charge >= 0.3 is 0 Å². The second-order valence-electron chi connectivity index (χ2n) is 8.01. The van der Waals surface area contributed by atoms with Gasteiger partial charge in [-0.25, -0.2) is 18.4 Å². The summed E-state index contributed by atoms with van der Waals surface area (Å²) in [4.78, 5) is 18.1. The molecule has 7 nitrogen and oxygen atoms in total. The van der Waals surface area contributed by atoms with Crippen molar-refractivity contribution < 1.29 is 8.42 Å². The van der Waals surface area contributed by atoms with E-state index in [1.807, 2.05) is 51.1 Å². The summed E-state index contributed by atoms with van der Waals surface area (Å²) in [7, 11) is -3.79. The first-order chi connectivity index (χ1) is 16.3. The zero-order valence-electron chi connectivity index (χ0n) is 19.7. The van der Waals surface area contributed by atoms with Crippen LogP contribution >= 0.6 is 0 Å². The summed E-state index contributed by atoms with van der Waals surface area (Å²) >= 11 is 0. The number of anilines is 1. The van der Waals surface area contributed by atoms with E-state index >= 15 is 0 Å². The maximum absolute atomic E-state index is 13.3. The highest BCUT2D eigenvalue weighted by atomic mass is 32.2. The summed E-state index contributed by atoms with van der Waals surface area (Å²) in [5, 5.41) is 0. The van der Waals surface area contributed by atoms with E-state index in [1.54, 1.807) is 37.8 Å². The van der Waals surface area contributed by atoms with Crippen molar-refractivity contribution in [3.8, 4) is 22.4 Å². The Kier molecular flexibility index (Phi) is 6.70. The smallest absolute Gasteiger partial charge is 0.262 e. The Morgan fingerprint density at radius 2 is 1.68 bits per heavy atom. The van der Waals surface area contributed by atoms with Gasteiger partial charge in [-0.1, -0.05) is 32.0 Å². The summed E-state index contributed by atoms with van der Waals surface area (Å²) in [6.07, 6.45) is 6.35. The molecule has 0 bridgehead atoms. The van der Waals surface area contributed by atoms with Crippen LogP contribution in [0.1, 0.15) is 36.5 Å². The van der Waals surface area contributed by atoms with Crippen LogP contribution in [0.3, 0.4) is 0 Å². The molecule has 8 heteroatoms. The summed E-state index contributed by atoms with van der Waals surface area (Å²) in [5.74, 6) is 0. The Bertz CT molecular complexity index is 1450. The van der Waals surface area contributed by atoms with Gasteiger partial charge in [0, 0.05) is 34.8 Å². The highest BCUT2D eigenvalue weighted by Gasteiger charge is 2.21. The molecule has 3 heterocycles. The second-order valence-corrected chi connectivity index (χ2v) is 9.66. The number of nitrogens with one attached hydrogen (secondary N) is 1. The summed E-state index contributed by atoms with van der Waals surface area (Å²) < 4.78 is 29.3. The number of rotatable bonds is 7. The zero-order valence-corrected chi connectivity index (χ0v) is 20.5. The van der Waals surface area contributed by atoms with E-state index in [9.17, 15) is 8.42 Å². The number of nitrogens with zero attached hydrogens (tertiary/aromatic N) is 4. The number of benzene rings is 1. The Morgan fingerprint density at radius 3 is 2.41 bits per heavy atom. The van der Waals surface area contributed by atoms with Crippen LogP contribution in [0.5, 0.6) is 0 Å². The van der Waals surface area contributed by atoms with Gasteiger partial charge in [0.1, 0.15) is 6.33 Å². The molecule has 1 aromatic carbocycles. The van der Waals surface area contributed by atoms with Crippen molar-refractivity contribution in [3.05, 3.63) is 83.8 Å². The van der Waals surface area contributed by atoms with E-state index in [-0.39, 0.29) is 4.90 Å². The molecule has 1 N–H and O–H groups in total. The van der Waals surface area contributed by atoms with Crippen molar-refractivity contribution in [2.75, 3.05) is 4.72 Å². The van der Waals surface area contributed by atoms with E-state index in [0.717, 1.165) is 39.3 Å². The maximum atomic E-state index is 13.3. The van der Waals surface area contributed by atoms with Crippen LogP contribution in [-0.2, 0) is 22.9 Å². The Labute approximate surface area is 200 Å². The molecule has 0 atom stereocenters. The molecule has 0 aliphatic heterocycles. The van der Waals surface area contributed by atoms with Crippen LogP contribution in [0.2, 0.25) is 0 Å². The summed E-state index contributed by atoms with van der Waals surface area (Å²) in [6, 6.07) is 12.7. The van der Waals surface area contributed by atoms with Gasteiger partial charge < -0.3 is 0 Å². The van der Waals surface area contributed by atoms with Gasteiger partial charge in [0.2, 0.25) is 0 Å². The fourth-order valence-corrected chi connectivity index (χ4v) is 5.36. The van der Waals surface area contributed by atoms with Crippen molar-refractivity contribution in [2.24, 2.45) is 0 Å². The largest absolute Gasteiger partial charge is 0.278 e. The minimum atomic E-state index is -3.79. The molecule has 0 fully saturated rings. The molecule has 0 saturated heterocycles. The molecule has 0 amide bonds. The van der Waals surface area contributed by atoms with Crippen molar-refractivity contribution in [1.82, 2.24) is 19.9 Å². The normalized spacial score (nSPS) is 11.4. The highest BCUT2D eigenvalue weighted by molar-refractivity contribution is 7.92. The average Bonchev–Trinajstić information content (AvgIpc) is 2.84. The van der Waals surface area contributed by atoms with E-state index in [1.165, 1.54) is 0 Å². The Hall–Kier alpha value is -3.65. The molecule has 4 rings (SSSR count). The average molecular weight is 474 g/mol. The first kappa shape index (κ1) is 23.5. The molecular formula is C26H27N5O2S. The zero-order chi connectivity index (χ0) is 24.3. The van der Waals surface area contributed by atoms with E-state index in [4.69, 9.17) is 0 Å². The molecule has 0 aliphatic rings. The van der Waals surface area contributed by atoms with Gasteiger partial charge in [-0.15, -0.1) is 0 Å². The van der Waals surface area contributed by atoms with Gasteiger partial charge in [0.05, 0.1) is 27.7 Å². The van der Waals surface area contributed by atoms with Gasteiger partial charge in [0.25, 0.3) is 10.0 Å². The van der Waals surface area contributed by atoms with Gasteiger partial charge in [-0.05, 0) is 56.5 Å². The van der Waals surface area contributed by atoms with Crippen molar-refractivity contribution in [3.63, 3.8) is 0 Å². The third kappa shape index (κ3) is 4.68. The van der Waals surface area contributed by atoms with Gasteiger partial charge in [0.15, 0.2) is 0 Å². The lowest BCUT2D eigenvalue weighted by Crippen LogP contribution is -2.16. The molecule has 0 aliphatic carbocycles. The maximum Gasteiger partial charge on any atom is 0.262 e. The number of pyridine rings is 2. The first-order valence-electron chi connectivity index (χ1n) is 11.2. The predicted molar refractivity (Wildman–Crippen MR) is 134 cm³/mol. The van der Waals surface area contributed by atoms with Crippen molar-refractivity contribution in [2.45, 2.75) is 45.4 Å². The third-order valence-corrected chi connectivity index (χ3v) is 7.16. The molecule has 3 aromatic heterocycles. The predicted octanol–water partition coefficient (Wildman–Crippen LogP) is 5.14. The third-order valence-electron chi connectivity index (χ3n) is 5.69. The first-order valence-corrected chi connectivity index (χ1v) is 12.7. The van der Waals surface area contributed by atoms with Crippen LogP contribution in [0, 0.1) is 13.8 Å². The van der Waals surface area contributed by atoms with Crippen LogP contribution in [0.4, 0.5) is 5.69 Å². The van der Waals surface area contributed by atoms with Gasteiger partial charge in [-0.3, -0.25) is 14.7 Å². The number of sulfonamides is 1. The minimum Gasteiger partial charge on any atom is -0.278 e. The fraction of sp³-hybridized carbons (Fsp3) is 0.231. The van der Waals surface area contributed by atoms with Crippen LogP contribution in [0.25, 0.3) is 22.4 Å². The molecule has 0 saturated carbocycles. The van der Waals surface area contributed by atoms with Crippen LogP contribution < -0.4 is 4.72 Å². The molecule has 0 unspecified atom stereocenters. The lowest BCUT2D eigenvalue weighted by Gasteiger charge is -2.16. The Balaban J connectivity index is 1.84. The molecule has 34 heavy (non-hydrogen) atoms. The highest BCUT2D eigenvalue weighted by Crippen LogP contribution is 2.34. The number of aromatic nitrogens is 4. The number of aryl methyl sites for hydroxylation is 4. The van der Waals surface area contributed by atoms with Crippen LogP contribution in [0.15, 0.2) is 66.1 Å². The molecular weight excluding hydrogens is 446 g/mol. The van der Waals surface area contributed by atoms with Gasteiger partial charge in [-0.2, -0.15) is 0 Å². The molecule has 0 radical (unpaired) electrons. The van der Waals surface area contributed by atoms with E-state index in [2.05, 4.69) is 24.7 Å². The van der Waals surface area contributed by atoms with Crippen molar-refractivity contribution in [1.29, 1.82) is 0 Å². The molecule has 174 valence electrons. The minimum absolute atomic E-state index is 0.271. The summed E-state index contributed by atoms with van der Waals surface area (Å²) in [5.41, 5.74) is 6.75. The van der Waals surface area contributed by atoms with Crippen molar-refractivity contribution >= 4 is 15.7 Å². The fourth-order valence-electron chi connectivity index (χ4n) is 3.94. The van der Waals surface area contributed by atoms with E-state index in [0.29, 0.717) is 24.2 Å². The molecule has 4 aromatic rings. The topological polar surface area (TPSA) is 97.7 Å². The standard InChI is InChI=1S/C26H27N5O2S/c1-5-19-9-7-8-10-24(19)34(32,33)31-23-14-21(15-28-18(23)4)25-22(6-2)29-16-30-26(25)20-11-12-27-17(3)13-20/h7-16,31H,5-6H2,1-4H3. The second kappa shape index (κ2) is 9.69. The monoisotopic (exact) mass is 473 g/mol. The SMILES string of the molecule is CCc1ccccc1S(=O)(=O)Nc1cc(-c2c(CC)ncnc2-c2ccnc(C)c2)cnc1C. The number of hydrogen-bond donors (Lipinski definition) is 1. The van der Waals surface area contributed by atoms with E-state index < -0.39 is 10.0 Å². The number of hydrogen-bond acceptors (Lipinski definition) is 6. The quantitative estimate of drug-likeness (QED) is 0.399.